The Bertz CT molecular complexity index is 438. The molecule has 0 aromatic rings. The van der Waals surface area contributed by atoms with E-state index in [1.54, 1.807) is 25.3 Å². The number of hydrogen-bond donors (Lipinski definition) is 1. The molecule has 4 heteroatoms. The Morgan fingerprint density at radius 3 is 2.59 bits per heavy atom. The van der Waals surface area contributed by atoms with E-state index in [0.29, 0.717) is 11.3 Å². The molecule has 0 saturated heterocycles. The van der Waals surface area contributed by atoms with Crippen LogP contribution in [-0.4, -0.2) is 24.0 Å². The van der Waals surface area contributed by atoms with Crippen LogP contribution in [0.5, 0.6) is 0 Å². The molecule has 4 nitrogen and oxygen atoms in total. The van der Waals surface area contributed by atoms with Gasteiger partial charge >= 0.3 is 5.97 Å². The number of ether oxygens (including phenoxy) is 1. The van der Waals surface area contributed by atoms with Gasteiger partial charge in [-0.15, -0.1) is 0 Å². The fourth-order valence-corrected chi connectivity index (χ4v) is 1.42. The van der Waals surface area contributed by atoms with Crippen molar-refractivity contribution in [3.8, 4) is 0 Å². The van der Waals surface area contributed by atoms with Gasteiger partial charge in [0.1, 0.15) is 5.76 Å². The van der Waals surface area contributed by atoms with Crippen LogP contribution in [0, 0.1) is 5.92 Å². The van der Waals surface area contributed by atoms with Crippen molar-refractivity contribution in [2.75, 3.05) is 7.11 Å². The first-order valence-corrected chi connectivity index (χ1v) is 5.14. The number of carboxylic acid groups (broad SMARTS) is 1. The van der Waals surface area contributed by atoms with Crippen LogP contribution in [0.25, 0.3) is 0 Å². The summed E-state index contributed by atoms with van der Waals surface area (Å²) in [5, 5.41) is 8.44. The van der Waals surface area contributed by atoms with Crippen LogP contribution in [0.3, 0.4) is 0 Å². The van der Waals surface area contributed by atoms with E-state index in [-0.39, 0.29) is 11.7 Å². The molecule has 1 N–H and O–H groups in total. The number of aliphatic carboxylic acids is 1. The maximum atomic E-state index is 11.7. The molecule has 17 heavy (non-hydrogen) atoms. The van der Waals surface area contributed by atoms with Crippen LogP contribution >= 0.6 is 0 Å². The lowest BCUT2D eigenvalue weighted by atomic mass is 10.1. The van der Waals surface area contributed by atoms with Crippen LogP contribution in [0.4, 0.5) is 0 Å². The van der Waals surface area contributed by atoms with Gasteiger partial charge in [-0.1, -0.05) is 13.0 Å². The molecule has 1 atom stereocenters. The molecule has 1 aliphatic rings. The Balaban J connectivity index is 2.87. The summed E-state index contributed by atoms with van der Waals surface area (Å²) in [6.07, 6.45) is 8.81. The van der Waals surface area contributed by atoms with Gasteiger partial charge in [-0.05, 0) is 30.2 Å². The summed E-state index contributed by atoms with van der Waals surface area (Å²) < 4.78 is 5.09. The predicted octanol–water partition coefficient (Wildman–Crippen LogP) is 1.86. The summed E-state index contributed by atoms with van der Waals surface area (Å²) >= 11 is 0. The maximum absolute atomic E-state index is 11.7. The Hall–Kier alpha value is -2.10. The number of carboxylic acids is 1. The maximum Gasteiger partial charge on any atom is 0.328 e. The highest BCUT2D eigenvalue weighted by Gasteiger charge is 2.09. The number of allylic oxidation sites excluding steroid dienone is 6. The number of hydrogen-bond acceptors (Lipinski definition) is 3. The lowest BCUT2D eigenvalue weighted by Crippen LogP contribution is -1.99. The van der Waals surface area contributed by atoms with E-state index in [0.717, 1.165) is 12.2 Å². The van der Waals surface area contributed by atoms with Gasteiger partial charge in [0.15, 0.2) is 5.78 Å². The molecule has 0 amide bonds. The molecule has 0 fully saturated rings. The van der Waals surface area contributed by atoms with Gasteiger partial charge in [0, 0.05) is 11.6 Å². The van der Waals surface area contributed by atoms with Crippen molar-refractivity contribution in [1.82, 2.24) is 0 Å². The Labute approximate surface area is 99.6 Å². The minimum atomic E-state index is -1.14. The minimum absolute atomic E-state index is 0.0529. The van der Waals surface area contributed by atoms with Crippen molar-refractivity contribution in [1.29, 1.82) is 0 Å². The fourth-order valence-electron chi connectivity index (χ4n) is 1.42. The quantitative estimate of drug-likeness (QED) is 0.754. The third kappa shape index (κ3) is 4.10. The van der Waals surface area contributed by atoms with Crippen LogP contribution in [0.15, 0.2) is 47.8 Å². The van der Waals surface area contributed by atoms with Gasteiger partial charge in [-0.3, -0.25) is 4.79 Å². The average molecular weight is 234 g/mol. The second kappa shape index (κ2) is 5.84. The molecule has 1 aliphatic carbocycles. The van der Waals surface area contributed by atoms with Gasteiger partial charge in [0.25, 0.3) is 0 Å². The van der Waals surface area contributed by atoms with Crippen LogP contribution in [0.2, 0.25) is 0 Å². The zero-order valence-corrected chi connectivity index (χ0v) is 9.71. The van der Waals surface area contributed by atoms with Crippen LogP contribution in [-0.2, 0) is 14.3 Å². The lowest BCUT2D eigenvalue weighted by molar-refractivity contribution is -0.131. The van der Waals surface area contributed by atoms with Crippen LogP contribution in [0.1, 0.15) is 6.92 Å². The van der Waals surface area contributed by atoms with Crippen molar-refractivity contribution >= 4 is 11.8 Å². The lowest BCUT2D eigenvalue weighted by Gasteiger charge is -2.01. The van der Waals surface area contributed by atoms with E-state index in [1.807, 2.05) is 13.0 Å². The Kier molecular flexibility index (Phi) is 4.46. The normalized spacial score (nSPS) is 19.5. The number of methoxy groups -OCH3 is 1. The molecule has 0 aromatic heterocycles. The van der Waals surface area contributed by atoms with Gasteiger partial charge in [-0.25, -0.2) is 4.79 Å². The molecular formula is C13H14O4. The number of rotatable bonds is 4. The first-order valence-electron chi connectivity index (χ1n) is 5.14. The summed E-state index contributed by atoms with van der Waals surface area (Å²) in [5.41, 5.74) is 0.457. The summed E-state index contributed by atoms with van der Waals surface area (Å²) in [7, 11) is 1.56. The average Bonchev–Trinajstić information content (AvgIpc) is 2.47. The van der Waals surface area contributed by atoms with E-state index in [1.165, 1.54) is 0 Å². The third-order valence-electron chi connectivity index (χ3n) is 2.19. The van der Waals surface area contributed by atoms with E-state index in [2.05, 4.69) is 0 Å². The molecule has 1 rings (SSSR count). The van der Waals surface area contributed by atoms with Gasteiger partial charge in [0.2, 0.25) is 0 Å². The van der Waals surface area contributed by atoms with E-state index in [9.17, 15) is 9.59 Å². The highest BCUT2D eigenvalue weighted by molar-refractivity contribution is 6.08. The molecule has 0 radical (unpaired) electrons. The Morgan fingerprint density at radius 2 is 2.00 bits per heavy atom. The molecule has 1 unspecified atom stereocenters. The molecule has 0 aliphatic heterocycles. The Morgan fingerprint density at radius 1 is 1.29 bits per heavy atom. The topological polar surface area (TPSA) is 63.6 Å². The standard InChI is InChI=1S/C13H14O4/c1-9-7-10(3-4-11(8-9)17-2)12(14)5-6-13(15)16/h3-9H,1-2H3,(H,15,16)/b6-5+. The second-order valence-corrected chi connectivity index (χ2v) is 3.62. The number of carbonyl (C=O) groups excluding carboxylic acids is 1. The molecule has 0 spiro atoms. The second-order valence-electron chi connectivity index (χ2n) is 3.62. The number of ketones is 1. The van der Waals surface area contributed by atoms with Crippen molar-refractivity contribution in [3.63, 3.8) is 0 Å². The van der Waals surface area contributed by atoms with Crippen molar-refractivity contribution in [2.24, 2.45) is 5.92 Å². The van der Waals surface area contributed by atoms with E-state index < -0.39 is 5.97 Å². The molecule has 0 saturated carbocycles. The highest BCUT2D eigenvalue weighted by Crippen LogP contribution is 2.16. The smallest absolute Gasteiger partial charge is 0.328 e. The SMILES string of the molecule is COC1=CC(C)C=C(C(=O)/C=C/C(=O)O)C=C1. The van der Waals surface area contributed by atoms with Gasteiger partial charge in [-0.2, -0.15) is 0 Å². The zero-order valence-electron chi connectivity index (χ0n) is 9.71. The van der Waals surface area contributed by atoms with Crippen molar-refractivity contribution in [3.05, 3.63) is 47.8 Å². The van der Waals surface area contributed by atoms with Gasteiger partial charge in [0.05, 0.1) is 7.11 Å². The predicted molar refractivity (Wildman–Crippen MR) is 63.3 cm³/mol. The summed E-state index contributed by atoms with van der Waals surface area (Å²) in [6, 6.07) is 0. The molecular weight excluding hydrogens is 220 g/mol. The number of carbonyl (C=O) groups is 2. The van der Waals surface area contributed by atoms with Crippen molar-refractivity contribution in [2.45, 2.75) is 6.92 Å². The monoisotopic (exact) mass is 234 g/mol. The first-order chi connectivity index (χ1) is 8.02. The molecule has 0 heterocycles. The van der Waals surface area contributed by atoms with Gasteiger partial charge < -0.3 is 9.84 Å². The van der Waals surface area contributed by atoms with Crippen LogP contribution < -0.4 is 0 Å². The van der Waals surface area contributed by atoms with E-state index >= 15 is 0 Å². The third-order valence-corrected chi connectivity index (χ3v) is 2.19. The molecule has 0 bridgehead atoms. The van der Waals surface area contributed by atoms with Crippen molar-refractivity contribution < 1.29 is 19.4 Å². The first kappa shape index (κ1) is 13.0. The highest BCUT2D eigenvalue weighted by atomic mass is 16.5. The zero-order chi connectivity index (χ0) is 12.8. The fraction of sp³-hybridized carbons (Fsp3) is 0.231. The largest absolute Gasteiger partial charge is 0.497 e. The molecule has 90 valence electrons. The summed E-state index contributed by atoms with van der Waals surface area (Å²) in [4.78, 5) is 22.0. The summed E-state index contributed by atoms with van der Waals surface area (Å²) in [5.74, 6) is -0.738. The summed E-state index contributed by atoms with van der Waals surface area (Å²) in [6.45, 7) is 1.92. The minimum Gasteiger partial charge on any atom is -0.497 e. The van der Waals surface area contributed by atoms with E-state index in [4.69, 9.17) is 9.84 Å². The molecule has 0 aromatic carbocycles.